The normalized spacial score (nSPS) is 13.6. The summed E-state index contributed by atoms with van der Waals surface area (Å²) in [5, 5.41) is 17.4. The quantitative estimate of drug-likeness (QED) is 0.0198. The van der Waals surface area contributed by atoms with E-state index in [1.54, 1.807) is 0 Å². The number of carbonyl (C=O) groups is 2. The summed E-state index contributed by atoms with van der Waals surface area (Å²) in [7, 11) is -3.07. The number of aliphatic hydroxyl groups excluding tert-OH is 2. The lowest BCUT2D eigenvalue weighted by atomic mass is 10.1. The summed E-state index contributed by atoms with van der Waals surface area (Å²) in [6.07, 6.45) is 38.0. The number of aliphatic hydroxyl groups is 2. The second-order valence-electron chi connectivity index (χ2n) is 16.5. The van der Waals surface area contributed by atoms with E-state index >= 15 is 0 Å². The van der Waals surface area contributed by atoms with Crippen LogP contribution in [0.4, 0.5) is 0 Å². The van der Waals surface area contributed by atoms with Crippen molar-refractivity contribution < 1.29 is 61.3 Å². The number of rotatable bonds is 40. The Kier molecular flexibility index (Phi) is 41.1. The molecule has 0 saturated carbocycles. The Morgan fingerprint density at radius 1 is 0.542 bits per heavy atom. The van der Waals surface area contributed by atoms with Crippen molar-refractivity contribution in [2.45, 2.75) is 200 Å². The van der Waals surface area contributed by atoms with E-state index in [2.05, 4.69) is 56.2 Å². The van der Waals surface area contributed by atoms with E-state index in [1.807, 2.05) is 21.1 Å². The molecule has 0 fully saturated rings. The summed E-state index contributed by atoms with van der Waals surface area (Å²) < 4.78 is 42.1. The van der Waals surface area contributed by atoms with Crippen LogP contribution in [0.2, 0.25) is 0 Å². The molecular formula is C44H88NO12P2+. The first-order valence-corrected chi connectivity index (χ1v) is 25.8. The van der Waals surface area contributed by atoms with Gasteiger partial charge in [0.25, 0.3) is 0 Å². The highest BCUT2D eigenvalue weighted by molar-refractivity contribution is 7.48. The summed E-state index contributed by atoms with van der Waals surface area (Å²) >= 11 is 0. The van der Waals surface area contributed by atoms with E-state index in [4.69, 9.17) is 15.1 Å². The number of unbranched alkanes of at least 4 members (excludes halogenated alkanes) is 22. The highest BCUT2D eigenvalue weighted by atomic mass is 31.2. The molecule has 0 heterocycles. The average Bonchev–Trinajstić information content (AvgIpc) is 3.16. The number of quaternary nitrogens is 1. The molecule has 13 nitrogen and oxygen atoms in total. The maximum absolute atomic E-state index is 12.0. The van der Waals surface area contributed by atoms with Gasteiger partial charge in [0.1, 0.15) is 19.3 Å². The Morgan fingerprint density at radius 2 is 0.881 bits per heavy atom. The van der Waals surface area contributed by atoms with Gasteiger partial charge in [-0.05, 0) is 64.2 Å². The molecule has 2 unspecified atom stereocenters. The minimum Gasteiger partial charge on any atom is -0.394 e. The van der Waals surface area contributed by atoms with Crippen molar-refractivity contribution in [3.05, 3.63) is 24.3 Å². The molecule has 350 valence electrons. The molecule has 0 aliphatic carbocycles. The van der Waals surface area contributed by atoms with E-state index in [0.29, 0.717) is 23.9 Å². The minimum absolute atomic E-state index is 0.0501. The van der Waals surface area contributed by atoms with Crippen LogP contribution in [0.3, 0.4) is 0 Å². The first-order valence-electron chi connectivity index (χ1n) is 22.9. The highest BCUT2D eigenvalue weighted by Crippen LogP contribution is 2.44. The van der Waals surface area contributed by atoms with Crippen LogP contribution < -0.4 is 0 Å². The number of hydrogen-bond acceptors (Lipinski definition) is 10. The molecule has 0 rings (SSSR count). The van der Waals surface area contributed by atoms with Crippen molar-refractivity contribution >= 4 is 27.6 Å². The van der Waals surface area contributed by atoms with Gasteiger partial charge in [0, 0.05) is 12.8 Å². The molecule has 15 heteroatoms. The Morgan fingerprint density at radius 3 is 1.22 bits per heavy atom. The molecular weight excluding hydrogens is 796 g/mol. The predicted octanol–water partition coefficient (Wildman–Crippen LogP) is 11.4. The van der Waals surface area contributed by atoms with Gasteiger partial charge >= 0.3 is 27.6 Å². The van der Waals surface area contributed by atoms with Gasteiger partial charge < -0.3 is 28.6 Å². The van der Waals surface area contributed by atoms with Gasteiger partial charge in [0.05, 0.1) is 34.4 Å². The van der Waals surface area contributed by atoms with Crippen molar-refractivity contribution in [3.63, 3.8) is 0 Å². The van der Waals surface area contributed by atoms with E-state index in [0.717, 1.165) is 64.2 Å². The van der Waals surface area contributed by atoms with Gasteiger partial charge in [-0.15, -0.1) is 0 Å². The minimum atomic E-state index is -4.70. The molecule has 0 aromatic carbocycles. The monoisotopic (exact) mass is 885 g/mol. The van der Waals surface area contributed by atoms with E-state index < -0.39 is 46.9 Å². The number of phosphoric acid groups is 2. The Hall–Kier alpha value is -1.40. The van der Waals surface area contributed by atoms with Gasteiger partial charge in [0.2, 0.25) is 0 Å². The van der Waals surface area contributed by atoms with Crippen LogP contribution >= 0.6 is 15.6 Å². The second-order valence-corrected chi connectivity index (χ2v) is 19.3. The van der Waals surface area contributed by atoms with Gasteiger partial charge in [-0.3, -0.25) is 23.5 Å². The van der Waals surface area contributed by atoms with Crippen molar-refractivity contribution in [2.24, 2.45) is 0 Å². The van der Waals surface area contributed by atoms with E-state index in [-0.39, 0.29) is 19.4 Å². The van der Waals surface area contributed by atoms with Crippen LogP contribution in [0.5, 0.6) is 0 Å². The zero-order chi connectivity index (χ0) is 44.5. The number of hydrogen-bond donors (Lipinski definition) is 4. The first-order chi connectivity index (χ1) is 28.1. The zero-order valence-electron chi connectivity index (χ0n) is 37.9. The topological polar surface area (TPSA) is 186 Å². The smallest absolute Gasteiger partial charge is 0.394 e. The molecule has 0 aliphatic rings. The summed E-state index contributed by atoms with van der Waals surface area (Å²) in [6, 6.07) is 0. The molecule has 2 atom stereocenters. The number of carbonyl (C=O) groups excluding carboxylic acids is 2. The van der Waals surface area contributed by atoms with Gasteiger partial charge in [0.15, 0.2) is 0 Å². The molecule has 0 aromatic heterocycles. The molecule has 0 bridgehead atoms. The molecule has 0 spiro atoms. The molecule has 59 heavy (non-hydrogen) atoms. The fraction of sp³-hybridized carbons (Fsp3) is 0.864. The second kappa shape index (κ2) is 40.7. The molecule has 0 saturated heterocycles. The Labute approximate surface area is 359 Å². The van der Waals surface area contributed by atoms with Crippen molar-refractivity contribution in [1.82, 2.24) is 0 Å². The summed E-state index contributed by atoms with van der Waals surface area (Å²) in [5.41, 5.74) is 0. The van der Waals surface area contributed by atoms with Crippen molar-refractivity contribution in [2.75, 3.05) is 47.5 Å². The molecule has 4 N–H and O–H groups in total. The third kappa shape index (κ3) is 49.1. The Bertz CT molecular complexity index is 1090. The lowest BCUT2D eigenvalue weighted by Crippen LogP contribution is -2.37. The van der Waals surface area contributed by atoms with Gasteiger partial charge in [-0.1, -0.05) is 141 Å². The van der Waals surface area contributed by atoms with Crippen LogP contribution in [-0.4, -0.2) is 90.0 Å². The van der Waals surface area contributed by atoms with Crippen LogP contribution in [0.25, 0.3) is 0 Å². The van der Waals surface area contributed by atoms with Gasteiger partial charge in [-0.2, -0.15) is 0 Å². The van der Waals surface area contributed by atoms with E-state index in [1.165, 1.54) is 89.9 Å². The summed E-state index contributed by atoms with van der Waals surface area (Å²) in [6.45, 7) is 4.15. The standard InChI is InChI=1S/C36H67O6P.C8H20NO6P/c1-3-5-7-9-11-13-15-17-19-21-23-25-27-29-31-33-35(37)41-43(39,40)42-36(38)34-32-30-28-26-24-22-20-18-16-14-12-10-8-6-4-2;1-9(2,3)4-5-14-16(12,13)15-7-8(11)6-10/h17-20H,3-16,21-34H2,1-2H3,(H,39,40);8,10-11H,4-7H2,1-3H3/p+1/b19-17-,20-18-;. The number of likely N-dealkylation sites (N-methyl/N-ethyl adjacent to an activating group) is 1. The van der Waals surface area contributed by atoms with Crippen LogP contribution in [0.1, 0.15) is 194 Å². The van der Waals surface area contributed by atoms with Crippen LogP contribution in [0, 0.1) is 0 Å². The predicted molar refractivity (Wildman–Crippen MR) is 239 cm³/mol. The molecule has 0 radical (unpaired) electrons. The fourth-order valence-electron chi connectivity index (χ4n) is 5.75. The largest absolute Gasteiger partial charge is 0.589 e. The number of nitrogens with zero attached hydrogens (tertiary/aromatic N) is 1. The lowest BCUT2D eigenvalue weighted by molar-refractivity contribution is -0.870. The lowest BCUT2D eigenvalue weighted by Gasteiger charge is -2.24. The number of phosphoric ester groups is 2. The van der Waals surface area contributed by atoms with Crippen molar-refractivity contribution in [3.8, 4) is 0 Å². The first kappa shape index (κ1) is 59.7. The highest BCUT2D eigenvalue weighted by Gasteiger charge is 2.30. The third-order valence-electron chi connectivity index (χ3n) is 9.38. The summed E-state index contributed by atoms with van der Waals surface area (Å²) in [4.78, 5) is 42.8. The van der Waals surface area contributed by atoms with Crippen molar-refractivity contribution in [1.29, 1.82) is 0 Å². The zero-order valence-corrected chi connectivity index (χ0v) is 39.7. The number of allylic oxidation sites excluding steroid dienone is 4. The summed E-state index contributed by atoms with van der Waals surface area (Å²) in [5.74, 6) is -1.59. The van der Waals surface area contributed by atoms with E-state index in [9.17, 15) is 23.6 Å². The molecule has 0 amide bonds. The van der Waals surface area contributed by atoms with Crippen LogP contribution in [0.15, 0.2) is 24.3 Å². The fourth-order valence-corrected chi connectivity index (χ4v) is 7.23. The SMILES string of the molecule is CCCCCCCC/C=C\CCCCCCCC(=O)OP(=O)(O)OC(=O)CCCCCCC/C=C\CCCCCCCC.C[N+](C)(C)CCOP(=O)(O)OCC(O)CO. The van der Waals surface area contributed by atoms with Gasteiger partial charge in [-0.25, -0.2) is 9.13 Å². The molecule has 0 aliphatic heterocycles. The Balaban J connectivity index is 0. The molecule has 0 aromatic rings. The van der Waals surface area contributed by atoms with Crippen LogP contribution in [-0.2, 0) is 36.8 Å². The third-order valence-corrected chi connectivity index (χ3v) is 11.2. The average molecular weight is 885 g/mol. The maximum atomic E-state index is 12.0. The maximum Gasteiger partial charge on any atom is 0.589 e.